The summed E-state index contributed by atoms with van der Waals surface area (Å²) in [6.45, 7) is 7.94. The molecule has 1 aliphatic rings. The molecule has 0 spiro atoms. The van der Waals surface area contributed by atoms with Crippen LogP contribution in [-0.2, 0) is 16.1 Å². The number of hydrogen-bond acceptors (Lipinski definition) is 4. The average molecular weight is 421 g/mol. The normalized spacial score (nSPS) is 16.3. The van der Waals surface area contributed by atoms with Gasteiger partial charge < -0.3 is 15.4 Å². The molecule has 0 bridgehead atoms. The monoisotopic (exact) mass is 420 g/mol. The summed E-state index contributed by atoms with van der Waals surface area (Å²) in [6, 6.07) is 15.2. The Kier molecular flexibility index (Phi) is 7.14. The Hall–Kier alpha value is -3.25. The van der Waals surface area contributed by atoms with Gasteiger partial charge in [0.2, 0.25) is 5.91 Å². The van der Waals surface area contributed by atoms with E-state index in [1.165, 1.54) is 11.8 Å². The Morgan fingerprint density at radius 1 is 1.23 bits per heavy atom. The average Bonchev–Trinajstić information content (AvgIpc) is 2.76. The van der Waals surface area contributed by atoms with Crippen LogP contribution in [0.5, 0.6) is 0 Å². The van der Waals surface area contributed by atoms with Crippen LogP contribution in [0.3, 0.4) is 0 Å². The van der Waals surface area contributed by atoms with E-state index >= 15 is 0 Å². The number of hydrogen-bond donors (Lipinski definition) is 2. The van der Waals surface area contributed by atoms with Crippen LogP contribution >= 0.6 is 11.8 Å². The highest BCUT2D eigenvalue weighted by atomic mass is 32.2. The Labute approximate surface area is 180 Å². The van der Waals surface area contributed by atoms with Gasteiger partial charge in [0.1, 0.15) is 6.61 Å². The summed E-state index contributed by atoms with van der Waals surface area (Å²) in [7, 11) is 0. The van der Waals surface area contributed by atoms with E-state index in [0.29, 0.717) is 23.6 Å². The molecule has 1 heterocycles. The summed E-state index contributed by atoms with van der Waals surface area (Å²) in [4.78, 5) is 25.5. The van der Waals surface area contributed by atoms with Crippen molar-refractivity contribution in [3.05, 3.63) is 95.9 Å². The summed E-state index contributed by atoms with van der Waals surface area (Å²) in [5, 5.41) is 5.52. The van der Waals surface area contributed by atoms with Crippen molar-refractivity contribution in [1.29, 1.82) is 0 Å². The van der Waals surface area contributed by atoms with E-state index in [2.05, 4.69) is 17.2 Å². The Morgan fingerprint density at radius 3 is 2.73 bits per heavy atom. The van der Waals surface area contributed by atoms with Crippen LogP contribution in [0.1, 0.15) is 29.8 Å². The van der Waals surface area contributed by atoms with Gasteiger partial charge in [0.25, 0.3) is 5.91 Å². The maximum Gasteiger partial charge on any atom is 0.255 e. The van der Waals surface area contributed by atoms with Gasteiger partial charge >= 0.3 is 0 Å². The largest absolute Gasteiger partial charge is 0.494 e. The summed E-state index contributed by atoms with van der Waals surface area (Å²) >= 11 is 1.48. The number of rotatable bonds is 7. The molecule has 1 aliphatic heterocycles. The minimum absolute atomic E-state index is 0.0622. The number of allylic oxidation sites excluding steroid dienone is 4. The highest BCUT2D eigenvalue weighted by Crippen LogP contribution is 2.35. The topological polar surface area (TPSA) is 67.4 Å². The van der Waals surface area contributed by atoms with Crippen molar-refractivity contribution in [3.8, 4) is 0 Å². The van der Waals surface area contributed by atoms with E-state index in [0.717, 1.165) is 16.2 Å². The summed E-state index contributed by atoms with van der Waals surface area (Å²) in [5.74, 6) is 0.376. The maximum absolute atomic E-state index is 12.6. The molecule has 0 saturated carbocycles. The van der Waals surface area contributed by atoms with Gasteiger partial charge in [-0.05, 0) is 55.8 Å². The van der Waals surface area contributed by atoms with Crippen molar-refractivity contribution >= 4 is 29.3 Å². The highest BCUT2D eigenvalue weighted by molar-refractivity contribution is 8.00. The molecule has 0 aliphatic carbocycles. The van der Waals surface area contributed by atoms with Crippen molar-refractivity contribution in [2.45, 2.75) is 30.6 Å². The molecule has 30 heavy (non-hydrogen) atoms. The fourth-order valence-corrected chi connectivity index (χ4v) is 3.67. The maximum atomic E-state index is 12.6. The van der Waals surface area contributed by atoms with Crippen LogP contribution < -0.4 is 10.6 Å². The van der Waals surface area contributed by atoms with Crippen molar-refractivity contribution < 1.29 is 14.3 Å². The van der Waals surface area contributed by atoms with Crippen LogP contribution in [0.4, 0.5) is 5.69 Å². The highest BCUT2D eigenvalue weighted by Gasteiger charge is 2.23. The number of carbonyl (C=O) groups excluding carboxylic acids is 2. The molecule has 2 amide bonds. The third kappa shape index (κ3) is 5.64. The predicted octanol–water partition coefficient (Wildman–Crippen LogP) is 5.04. The van der Waals surface area contributed by atoms with Crippen molar-refractivity contribution in [2.75, 3.05) is 5.32 Å². The SMILES string of the molecule is C=C/C(=C\C=C(/C)OCc1ccccc1)NC(=O)c1ccc2c(c1)NC(=O)C(C)S2. The van der Waals surface area contributed by atoms with Crippen LogP contribution in [0.2, 0.25) is 0 Å². The molecule has 5 nitrogen and oxygen atoms in total. The molecule has 2 aromatic carbocycles. The number of nitrogens with one attached hydrogen (secondary N) is 2. The van der Waals surface area contributed by atoms with Crippen molar-refractivity contribution in [3.63, 3.8) is 0 Å². The fourth-order valence-electron chi connectivity index (χ4n) is 2.74. The second kappa shape index (κ2) is 9.98. The quantitative estimate of drug-likeness (QED) is 0.486. The first-order chi connectivity index (χ1) is 14.5. The van der Waals surface area contributed by atoms with Crippen LogP contribution in [-0.4, -0.2) is 17.1 Å². The minimum atomic E-state index is -0.280. The molecular formula is C24H24N2O3S. The molecule has 2 N–H and O–H groups in total. The molecule has 0 aromatic heterocycles. The lowest BCUT2D eigenvalue weighted by atomic mass is 10.1. The van der Waals surface area contributed by atoms with E-state index in [1.54, 1.807) is 30.4 Å². The third-order valence-corrected chi connectivity index (χ3v) is 5.63. The van der Waals surface area contributed by atoms with E-state index in [9.17, 15) is 9.59 Å². The summed E-state index contributed by atoms with van der Waals surface area (Å²) in [5.41, 5.74) is 2.74. The lowest BCUT2D eigenvalue weighted by molar-refractivity contribution is -0.115. The van der Waals surface area contributed by atoms with Gasteiger partial charge in [0, 0.05) is 16.2 Å². The fraction of sp³-hybridized carbons (Fsp3) is 0.167. The van der Waals surface area contributed by atoms with Crippen LogP contribution in [0.15, 0.2) is 89.7 Å². The molecular weight excluding hydrogens is 396 g/mol. The molecule has 1 unspecified atom stereocenters. The lowest BCUT2D eigenvalue weighted by Gasteiger charge is -2.21. The second-order valence-electron chi connectivity index (χ2n) is 6.79. The molecule has 6 heteroatoms. The molecule has 0 radical (unpaired) electrons. The zero-order valence-electron chi connectivity index (χ0n) is 17.0. The summed E-state index contributed by atoms with van der Waals surface area (Å²) < 4.78 is 5.72. The molecule has 3 rings (SSSR count). The Morgan fingerprint density at radius 2 is 2.00 bits per heavy atom. The zero-order chi connectivity index (χ0) is 21.5. The first-order valence-corrected chi connectivity index (χ1v) is 10.4. The first kappa shape index (κ1) is 21.5. The minimum Gasteiger partial charge on any atom is -0.494 e. The molecule has 2 aromatic rings. The van der Waals surface area contributed by atoms with Crippen molar-refractivity contribution in [2.24, 2.45) is 0 Å². The van der Waals surface area contributed by atoms with E-state index < -0.39 is 0 Å². The number of ether oxygens (including phenoxy) is 1. The zero-order valence-corrected chi connectivity index (χ0v) is 17.8. The molecule has 1 atom stereocenters. The summed E-state index contributed by atoms with van der Waals surface area (Å²) in [6.07, 6.45) is 5.09. The van der Waals surface area contributed by atoms with E-state index in [-0.39, 0.29) is 17.1 Å². The predicted molar refractivity (Wildman–Crippen MR) is 121 cm³/mol. The second-order valence-corrected chi connectivity index (χ2v) is 8.17. The molecule has 154 valence electrons. The number of fused-ring (bicyclic) bond motifs is 1. The Bertz CT molecular complexity index is 1010. The first-order valence-electron chi connectivity index (χ1n) is 9.57. The van der Waals surface area contributed by atoms with Crippen LogP contribution in [0, 0.1) is 0 Å². The smallest absolute Gasteiger partial charge is 0.255 e. The Balaban J connectivity index is 1.63. The van der Waals surface area contributed by atoms with Gasteiger partial charge in [-0.15, -0.1) is 11.8 Å². The van der Waals surface area contributed by atoms with Gasteiger partial charge in [0.15, 0.2) is 0 Å². The van der Waals surface area contributed by atoms with Gasteiger partial charge in [-0.3, -0.25) is 9.59 Å². The van der Waals surface area contributed by atoms with Crippen molar-refractivity contribution in [1.82, 2.24) is 5.32 Å². The number of anilines is 1. The number of carbonyl (C=O) groups is 2. The third-order valence-electron chi connectivity index (χ3n) is 4.46. The lowest BCUT2D eigenvalue weighted by Crippen LogP contribution is -2.27. The van der Waals surface area contributed by atoms with Gasteiger partial charge in [-0.2, -0.15) is 0 Å². The van der Waals surface area contributed by atoms with Gasteiger partial charge in [-0.1, -0.05) is 36.9 Å². The standard InChI is InChI=1S/C24H24N2O3S/c1-4-20(12-10-16(2)29-15-18-8-6-5-7-9-18)25-24(28)19-11-13-22-21(14-19)26-23(27)17(3)30-22/h4-14,17H,1,15H2,2-3H3,(H,25,28)(H,26,27)/b16-10+,20-12+. The van der Waals surface area contributed by atoms with Gasteiger partial charge in [0.05, 0.1) is 16.7 Å². The van der Waals surface area contributed by atoms with E-state index in [1.807, 2.05) is 50.2 Å². The number of benzene rings is 2. The molecule has 0 fully saturated rings. The number of thioether (sulfide) groups is 1. The molecule has 0 saturated heterocycles. The van der Waals surface area contributed by atoms with Crippen LogP contribution in [0.25, 0.3) is 0 Å². The number of amides is 2. The van der Waals surface area contributed by atoms with Gasteiger partial charge in [-0.25, -0.2) is 0 Å². The van der Waals surface area contributed by atoms with E-state index in [4.69, 9.17) is 4.74 Å².